The topological polar surface area (TPSA) is 43.0 Å². The standard InChI is InChI=1S/C13H19N3O/c1-10(2)14-7-12-4-5-16(8-12)9-13-6-11(3)15-17-13/h4-6,8,10,14H,7,9H2,1-3H3. The van der Waals surface area contributed by atoms with E-state index in [-0.39, 0.29) is 0 Å². The number of rotatable bonds is 5. The van der Waals surface area contributed by atoms with Crippen LogP contribution in [-0.4, -0.2) is 15.8 Å². The Hall–Kier alpha value is -1.55. The van der Waals surface area contributed by atoms with E-state index in [1.165, 1.54) is 5.56 Å². The van der Waals surface area contributed by atoms with E-state index in [1.54, 1.807) is 0 Å². The Morgan fingerprint density at radius 1 is 1.47 bits per heavy atom. The molecule has 0 atom stereocenters. The van der Waals surface area contributed by atoms with Crippen LogP contribution in [0, 0.1) is 6.92 Å². The summed E-state index contributed by atoms with van der Waals surface area (Å²) in [6, 6.07) is 4.60. The van der Waals surface area contributed by atoms with Crippen molar-refractivity contribution in [2.24, 2.45) is 0 Å². The number of nitrogens with zero attached hydrogens (tertiary/aromatic N) is 2. The van der Waals surface area contributed by atoms with Gasteiger partial charge in [0.15, 0.2) is 5.76 Å². The van der Waals surface area contributed by atoms with E-state index in [4.69, 9.17) is 4.52 Å². The summed E-state index contributed by atoms with van der Waals surface area (Å²) >= 11 is 0. The van der Waals surface area contributed by atoms with Crippen LogP contribution in [0.1, 0.15) is 30.9 Å². The lowest BCUT2D eigenvalue weighted by molar-refractivity contribution is 0.373. The fourth-order valence-corrected chi connectivity index (χ4v) is 1.69. The molecule has 2 aromatic rings. The van der Waals surface area contributed by atoms with Crippen LogP contribution in [0.2, 0.25) is 0 Å². The number of aromatic nitrogens is 2. The van der Waals surface area contributed by atoms with Gasteiger partial charge in [-0.1, -0.05) is 19.0 Å². The number of nitrogens with one attached hydrogen (secondary N) is 1. The van der Waals surface area contributed by atoms with Gasteiger partial charge in [-0.2, -0.15) is 0 Å². The molecule has 0 unspecified atom stereocenters. The summed E-state index contributed by atoms with van der Waals surface area (Å²) in [7, 11) is 0. The predicted octanol–water partition coefficient (Wildman–Crippen LogP) is 2.33. The minimum absolute atomic E-state index is 0.510. The lowest BCUT2D eigenvalue weighted by Gasteiger charge is -2.05. The highest BCUT2D eigenvalue weighted by molar-refractivity contribution is 5.12. The van der Waals surface area contributed by atoms with Crippen molar-refractivity contribution >= 4 is 0 Å². The Labute approximate surface area is 102 Å². The fraction of sp³-hybridized carbons (Fsp3) is 0.462. The monoisotopic (exact) mass is 233 g/mol. The van der Waals surface area contributed by atoms with Crippen LogP contribution >= 0.6 is 0 Å². The Bertz CT molecular complexity index is 470. The van der Waals surface area contributed by atoms with E-state index in [0.29, 0.717) is 6.04 Å². The summed E-state index contributed by atoms with van der Waals surface area (Å²) < 4.78 is 7.30. The predicted molar refractivity (Wildman–Crippen MR) is 66.7 cm³/mol. The molecule has 1 N–H and O–H groups in total. The van der Waals surface area contributed by atoms with Crippen LogP contribution in [0.15, 0.2) is 29.0 Å². The van der Waals surface area contributed by atoms with Gasteiger partial charge in [0, 0.05) is 31.0 Å². The molecule has 0 aromatic carbocycles. The SMILES string of the molecule is Cc1cc(Cn2ccc(CNC(C)C)c2)on1. The molecule has 0 aliphatic rings. The van der Waals surface area contributed by atoms with Gasteiger partial charge in [-0.3, -0.25) is 0 Å². The van der Waals surface area contributed by atoms with Gasteiger partial charge in [-0.15, -0.1) is 0 Å². The van der Waals surface area contributed by atoms with Crippen molar-refractivity contribution in [3.8, 4) is 0 Å². The van der Waals surface area contributed by atoms with E-state index in [9.17, 15) is 0 Å². The largest absolute Gasteiger partial charge is 0.359 e. The molecular formula is C13H19N3O. The van der Waals surface area contributed by atoms with Crippen LogP contribution in [-0.2, 0) is 13.1 Å². The Morgan fingerprint density at radius 2 is 2.29 bits per heavy atom. The van der Waals surface area contributed by atoms with Crippen molar-refractivity contribution in [3.63, 3.8) is 0 Å². The zero-order valence-corrected chi connectivity index (χ0v) is 10.6. The van der Waals surface area contributed by atoms with Crippen molar-refractivity contribution in [3.05, 3.63) is 41.5 Å². The molecule has 2 aromatic heterocycles. The third-order valence-corrected chi connectivity index (χ3v) is 2.54. The summed E-state index contributed by atoms with van der Waals surface area (Å²) in [4.78, 5) is 0. The second-order valence-corrected chi connectivity index (χ2v) is 4.66. The molecule has 0 amide bonds. The van der Waals surface area contributed by atoms with Gasteiger partial charge >= 0.3 is 0 Å². The molecule has 0 aliphatic heterocycles. The summed E-state index contributed by atoms with van der Waals surface area (Å²) in [6.45, 7) is 7.87. The molecule has 0 saturated heterocycles. The average molecular weight is 233 g/mol. The molecule has 4 nitrogen and oxygen atoms in total. The molecule has 0 bridgehead atoms. The molecule has 2 rings (SSSR count). The van der Waals surface area contributed by atoms with Crippen LogP contribution in [0.5, 0.6) is 0 Å². The first-order chi connectivity index (χ1) is 8.13. The van der Waals surface area contributed by atoms with Gasteiger partial charge in [0.05, 0.1) is 12.2 Å². The highest BCUT2D eigenvalue weighted by Crippen LogP contribution is 2.07. The smallest absolute Gasteiger partial charge is 0.156 e. The van der Waals surface area contributed by atoms with Gasteiger partial charge < -0.3 is 14.4 Å². The van der Waals surface area contributed by atoms with Gasteiger partial charge in [0.2, 0.25) is 0 Å². The normalized spacial score (nSPS) is 11.3. The van der Waals surface area contributed by atoms with Gasteiger partial charge in [0.1, 0.15) is 0 Å². The van der Waals surface area contributed by atoms with E-state index in [0.717, 1.165) is 24.5 Å². The molecule has 17 heavy (non-hydrogen) atoms. The van der Waals surface area contributed by atoms with E-state index < -0.39 is 0 Å². The number of aryl methyl sites for hydroxylation is 1. The third kappa shape index (κ3) is 3.46. The molecule has 4 heteroatoms. The maximum atomic E-state index is 5.19. The lowest BCUT2D eigenvalue weighted by atomic mass is 10.3. The summed E-state index contributed by atoms with van der Waals surface area (Å²) in [5, 5.41) is 7.27. The van der Waals surface area contributed by atoms with Crippen molar-refractivity contribution in [1.29, 1.82) is 0 Å². The van der Waals surface area contributed by atoms with Crippen LogP contribution < -0.4 is 5.32 Å². The first-order valence-electron chi connectivity index (χ1n) is 5.94. The molecule has 0 saturated carbocycles. The maximum absolute atomic E-state index is 5.19. The van der Waals surface area contributed by atoms with Gasteiger partial charge in [-0.25, -0.2) is 0 Å². The van der Waals surface area contributed by atoms with Crippen molar-refractivity contribution in [2.75, 3.05) is 0 Å². The number of hydrogen-bond acceptors (Lipinski definition) is 3. The zero-order chi connectivity index (χ0) is 12.3. The van der Waals surface area contributed by atoms with Crippen LogP contribution in [0.25, 0.3) is 0 Å². The van der Waals surface area contributed by atoms with E-state index >= 15 is 0 Å². The van der Waals surface area contributed by atoms with Crippen molar-refractivity contribution in [2.45, 2.75) is 39.9 Å². The van der Waals surface area contributed by atoms with Gasteiger partial charge in [0.25, 0.3) is 0 Å². The fourth-order valence-electron chi connectivity index (χ4n) is 1.69. The van der Waals surface area contributed by atoms with Crippen molar-refractivity contribution < 1.29 is 4.52 Å². The molecule has 0 fully saturated rings. The highest BCUT2D eigenvalue weighted by Gasteiger charge is 2.03. The molecule has 0 radical (unpaired) electrons. The average Bonchev–Trinajstić information content (AvgIpc) is 2.86. The number of hydrogen-bond donors (Lipinski definition) is 1. The van der Waals surface area contributed by atoms with E-state index in [2.05, 4.69) is 47.3 Å². The molecule has 92 valence electrons. The Kier molecular flexibility index (Phi) is 3.64. The molecule has 0 spiro atoms. The second-order valence-electron chi connectivity index (χ2n) is 4.66. The maximum Gasteiger partial charge on any atom is 0.156 e. The Balaban J connectivity index is 1.94. The third-order valence-electron chi connectivity index (χ3n) is 2.54. The zero-order valence-electron chi connectivity index (χ0n) is 10.6. The molecular weight excluding hydrogens is 214 g/mol. The molecule has 0 aliphatic carbocycles. The van der Waals surface area contributed by atoms with Crippen molar-refractivity contribution in [1.82, 2.24) is 15.0 Å². The Morgan fingerprint density at radius 3 is 2.94 bits per heavy atom. The van der Waals surface area contributed by atoms with E-state index in [1.807, 2.05) is 13.0 Å². The minimum atomic E-state index is 0.510. The molecule has 2 heterocycles. The van der Waals surface area contributed by atoms with Crippen LogP contribution in [0.3, 0.4) is 0 Å². The first kappa shape index (κ1) is 11.9. The summed E-state index contributed by atoms with van der Waals surface area (Å²) in [5.74, 6) is 0.890. The second kappa shape index (κ2) is 5.19. The first-order valence-corrected chi connectivity index (χ1v) is 5.94. The summed E-state index contributed by atoms with van der Waals surface area (Å²) in [6.07, 6.45) is 4.20. The van der Waals surface area contributed by atoms with Gasteiger partial charge in [-0.05, 0) is 18.6 Å². The summed E-state index contributed by atoms with van der Waals surface area (Å²) in [5.41, 5.74) is 2.21. The quantitative estimate of drug-likeness (QED) is 0.862. The minimum Gasteiger partial charge on any atom is -0.359 e. The highest BCUT2D eigenvalue weighted by atomic mass is 16.5. The lowest BCUT2D eigenvalue weighted by Crippen LogP contribution is -2.21. The van der Waals surface area contributed by atoms with Crippen LogP contribution in [0.4, 0.5) is 0 Å².